The van der Waals surface area contributed by atoms with Crippen molar-refractivity contribution in [1.29, 1.82) is 5.26 Å². The van der Waals surface area contributed by atoms with Crippen LogP contribution in [0.5, 0.6) is 0 Å². The molecule has 3 rings (SSSR count). The minimum Gasteiger partial charge on any atom is -0.349 e. The fourth-order valence-corrected chi connectivity index (χ4v) is 2.26. The van der Waals surface area contributed by atoms with Gasteiger partial charge in [-0.15, -0.1) is 0 Å². The van der Waals surface area contributed by atoms with Gasteiger partial charge in [-0.2, -0.15) is 5.26 Å². The lowest BCUT2D eigenvalue weighted by molar-refractivity contribution is 0.506. The predicted octanol–water partition coefficient (Wildman–Crippen LogP) is 3.89. The summed E-state index contributed by atoms with van der Waals surface area (Å²) in [5.74, 6) is -1.30. The smallest absolute Gasteiger partial charge is 0.201 e. The number of nitriles is 1. The van der Waals surface area contributed by atoms with Crippen LogP contribution in [0.25, 0.3) is 11.0 Å². The number of rotatable bonds is 3. The number of halogens is 2. The van der Waals surface area contributed by atoms with Gasteiger partial charge in [0.1, 0.15) is 11.6 Å². The SMILES string of the molecule is CC(Nc1nc2c(C#N)cccc2[nH]1)c1ccc(F)c(F)c1. The standard InChI is InChI=1S/C16H12F2N4/c1-9(10-5-6-12(17)13(18)7-10)20-16-21-14-4-2-3-11(8-19)15(14)22-16/h2-7,9H,1H3,(H2,20,21,22). The van der Waals surface area contributed by atoms with Gasteiger partial charge in [-0.3, -0.25) is 0 Å². The molecule has 1 heterocycles. The second kappa shape index (κ2) is 5.45. The minimum absolute atomic E-state index is 0.277. The Kier molecular flexibility index (Phi) is 3.47. The van der Waals surface area contributed by atoms with Gasteiger partial charge in [0.2, 0.25) is 5.95 Å². The lowest BCUT2D eigenvalue weighted by atomic mass is 10.1. The summed E-state index contributed by atoms with van der Waals surface area (Å²) in [5.41, 5.74) is 2.38. The molecule has 22 heavy (non-hydrogen) atoms. The molecule has 1 atom stereocenters. The third-order valence-electron chi connectivity index (χ3n) is 3.43. The number of hydrogen-bond donors (Lipinski definition) is 2. The summed E-state index contributed by atoms with van der Waals surface area (Å²) >= 11 is 0. The number of aromatic amines is 1. The Morgan fingerprint density at radius 3 is 2.77 bits per heavy atom. The van der Waals surface area contributed by atoms with Crippen molar-refractivity contribution in [2.24, 2.45) is 0 Å². The molecule has 0 aliphatic heterocycles. The topological polar surface area (TPSA) is 64.5 Å². The van der Waals surface area contributed by atoms with Crippen LogP contribution in [0.4, 0.5) is 14.7 Å². The maximum atomic E-state index is 13.3. The number of H-pyrrole nitrogens is 1. The van der Waals surface area contributed by atoms with Crippen LogP contribution in [0.3, 0.4) is 0 Å². The molecule has 2 N–H and O–H groups in total. The fraction of sp³-hybridized carbons (Fsp3) is 0.125. The molecule has 2 aromatic carbocycles. The zero-order valence-corrected chi connectivity index (χ0v) is 11.7. The lowest BCUT2D eigenvalue weighted by Crippen LogP contribution is -2.08. The molecule has 0 aliphatic rings. The highest BCUT2D eigenvalue weighted by Crippen LogP contribution is 2.22. The molecule has 1 unspecified atom stereocenters. The fourth-order valence-electron chi connectivity index (χ4n) is 2.26. The van der Waals surface area contributed by atoms with E-state index in [1.165, 1.54) is 6.07 Å². The quantitative estimate of drug-likeness (QED) is 0.771. The number of benzene rings is 2. The molecule has 0 fully saturated rings. The van der Waals surface area contributed by atoms with E-state index in [-0.39, 0.29) is 6.04 Å². The number of hydrogen-bond acceptors (Lipinski definition) is 3. The monoisotopic (exact) mass is 298 g/mol. The van der Waals surface area contributed by atoms with Gasteiger partial charge >= 0.3 is 0 Å². The van der Waals surface area contributed by atoms with Gasteiger partial charge in [0.05, 0.1) is 17.1 Å². The lowest BCUT2D eigenvalue weighted by Gasteiger charge is -2.13. The van der Waals surface area contributed by atoms with Crippen molar-refractivity contribution < 1.29 is 8.78 Å². The maximum Gasteiger partial charge on any atom is 0.201 e. The van der Waals surface area contributed by atoms with Crippen LogP contribution in [0.15, 0.2) is 36.4 Å². The van der Waals surface area contributed by atoms with Gasteiger partial charge in [-0.1, -0.05) is 12.1 Å². The summed E-state index contributed by atoms with van der Waals surface area (Å²) in [5, 5.41) is 12.1. The molecule has 3 aromatic rings. The number of imidazole rings is 1. The van der Waals surface area contributed by atoms with Crippen LogP contribution in [-0.4, -0.2) is 9.97 Å². The first-order valence-corrected chi connectivity index (χ1v) is 6.69. The maximum absolute atomic E-state index is 13.3. The van der Waals surface area contributed by atoms with Crippen molar-refractivity contribution in [2.45, 2.75) is 13.0 Å². The predicted molar refractivity (Wildman–Crippen MR) is 79.2 cm³/mol. The number of nitrogens with zero attached hydrogens (tertiary/aromatic N) is 2. The van der Waals surface area contributed by atoms with Crippen LogP contribution >= 0.6 is 0 Å². The molecule has 0 radical (unpaired) electrons. The van der Waals surface area contributed by atoms with E-state index in [0.29, 0.717) is 22.6 Å². The van der Waals surface area contributed by atoms with E-state index < -0.39 is 11.6 Å². The molecule has 0 aliphatic carbocycles. The van der Waals surface area contributed by atoms with Crippen molar-refractivity contribution in [1.82, 2.24) is 9.97 Å². The third kappa shape index (κ3) is 2.49. The Hall–Kier alpha value is -2.94. The Balaban J connectivity index is 1.89. The Morgan fingerprint density at radius 1 is 1.23 bits per heavy atom. The zero-order chi connectivity index (χ0) is 15.7. The first kappa shape index (κ1) is 14.0. The van der Waals surface area contributed by atoms with Crippen molar-refractivity contribution in [2.75, 3.05) is 5.32 Å². The Labute approximate surface area is 125 Å². The van der Waals surface area contributed by atoms with Gasteiger partial charge in [0.15, 0.2) is 11.6 Å². The normalized spacial score (nSPS) is 12.1. The molecule has 1 aromatic heterocycles. The van der Waals surface area contributed by atoms with Gasteiger partial charge in [-0.25, -0.2) is 13.8 Å². The molecular weight excluding hydrogens is 286 g/mol. The van der Waals surface area contributed by atoms with Gasteiger partial charge in [0, 0.05) is 0 Å². The number of anilines is 1. The highest BCUT2D eigenvalue weighted by molar-refractivity contribution is 5.83. The van der Waals surface area contributed by atoms with E-state index in [1.54, 1.807) is 12.1 Å². The van der Waals surface area contributed by atoms with Gasteiger partial charge < -0.3 is 10.3 Å². The van der Waals surface area contributed by atoms with Crippen molar-refractivity contribution in [3.05, 3.63) is 59.2 Å². The molecule has 0 amide bonds. The Morgan fingerprint density at radius 2 is 2.05 bits per heavy atom. The van der Waals surface area contributed by atoms with E-state index in [0.717, 1.165) is 17.6 Å². The van der Waals surface area contributed by atoms with Gasteiger partial charge in [-0.05, 0) is 36.8 Å². The van der Waals surface area contributed by atoms with Crippen LogP contribution in [-0.2, 0) is 0 Å². The second-order valence-corrected chi connectivity index (χ2v) is 4.94. The summed E-state index contributed by atoms with van der Waals surface area (Å²) in [6, 6.07) is 10.8. The highest BCUT2D eigenvalue weighted by atomic mass is 19.2. The molecule has 4 nitrogen and oxygen atoms in total. The third-order valence-corrected chi connectivity index (χ3v) is 3.43. The number of aromatic nitrogens is 2. The van der Waals surface area contributed by atoms with E-state index in [2.05, 4.69) is 21.4 Å². The second-order valence-electron chi connectivity index (χ2n) is 4.94. The molecule has 6 heteroatoms. The molecule has 110 valence electrons. The van der Waals surface area contributed by atoms with Crippen molar-refractivity contribution in [3.8, 4) is 6.07 Å². The van der Waals surface area contributed by atoms with Crippen LogP contribution in [0.1, 0.15) is 24.1 Å². The first-order valence-electron chi connectivity index (χ1n) is 6.69. The zero-order valence-electron chi connectivity index (χ0n) is 11.7. The summed E-state index contributed by atoms with van der Waals surface area (Å²) in [4.78, 5) is 7.39. The molecule has 0 bridgehead atoms. The first-order chi connectivity index (χ1) is 10.6. The molecule has 0 spiro atoms. The highest BCUT2D eigenvalue weighted by Gasteiger charge is 2.12. The number of para-hydroxylation sites is 1. The van der Waals surface area contributed by atoms with Crippen molar-refractivity contribution in [3.63, 3.8) is 0 Å². The summed E-state index contributed by atoms with van der Waals surface area (Å²) in [6.45, 7) is 1.81. The number of nitrogens with one attached hydrogen (secondary N) is 2. The van der Waals surface area contributed by atoms with Gasteiger partial charge in [0.25, 0.3) is 0 Å². The summed E-state index contributed by atoms with van der Waals surface area (Å²) in [6.07, 6.45) is 0. The minimum atomic E-state index is -0.887. The molecule has 0 saturated heterocycles. The van der Waals surface area contributed by atoms with Crippen LogP contribution < -0.4 is 5.32 Å². The van der Waals surface area contributed by atoms with Crippen LogP contribution in [0, 0.1) is 23.0 Å². The largest absolute Gasteiger partial charge is 0.349 e. The number of fused-ring (bicyclic) bond motifs is 1. The van der Waals surface area contributed by atoms with E-state index >= 15 is 0 Å². The van der Waals surface area contributed by atoms with Crippen molar-refractivity contribution >= 4 is 17.0 Å². The Bertz CT molecular complexity index is 879. The van der Waals surface area contributed by atoms with E-state index in [9.17, 15) is 8.78 Å². The molecule has 0 saturated carbocycles. The summed E-state index contributed by atoms with van der Waals surface area (Å²) in [7, 11) is 0. The van der Waals surface area contributed by atoms with Crippen LogP contribution in [0.2, 0.25) is 0 Å². The van der Waals surface area contributed by atoms with E-state index in [4.69, 9.17) is 5.26 Å². The van der Waals surface area contributed by atoms with E-state index in [1.807, 2.05) is 13.0 Å². The average molecular weight is 298 g/mol. The summed E-state index contributed by atoms with van der Waals surface area (Å²) < 4.78 is 26.2. The molecular formula is C16H12F2N4. The average Bonchev–Trinajstić information content (AvgIpc) is 2.92.